The van der Waals surface area contributed by atoms with Crippen LogP contribution in [0.4, 0.5) is 0 Å². The number of rotatable bonds is 6. The second kappa shape index (κ2) is 5.91. The highest BCUT2D eigenvalue weighted by molar-refractivity contribution is 5.10. The van der Waals surface area contributed by atoms with Gasteiger partial charge in [0.2, 0.25) is 0 Å². The Bertz CT molecular complexity index is 289. The third-order valence-corrected chi connectivity index (χ3v) is 2.50. The van der Waals surface area contributed by atoms with Gasteiger partial charge in [0, 0.05) is 25.7 Å². The van der Waals surface area contributed by atoms with E-state index in [2.05, 4.69) is 37.3 Å². The summed E-state index contributed by atoms with van der Waals surface area (Å²) in [5.74, 6) is 0.725. The van der Waals surface area contributed by atoms with Gasteiger partial charge in [0.05, 0.1) is 5.69 Å². The van der Waals surface area contributed by atoms with Crippen LogP contribution >= 0.6 is 0 Å². The Hall–Kier alpha value is -0.830. The summed E-state index contributed by atoms with van der Waals surface area (Å²) in [6.45, 7) is 8.74. The SMILES string of the molecule is CCc1cc(CCNCC(C)C)n(C)n1. The fraction of sp³-hybridized carbons (Fsp3) is 0.750. The van der Waals surface area contributed by atoms with Crippen LogP contribution in [0.3, 0.4) is 0 Å². The van der Waals surface area contributed by atoms with Crippen molar-refractivity contribution in [2.75, 3.05) is 13.1 Å². The van der Waals surface area contributed by atoms with Gasteiger partial charge < -0.3 is 5.32 Å². The number of nitrogens with one attached hydrogen (secondary N) is 1. The summed E-state index contributed by atoms with van der Waals surface area (Å²) < 4.78 is 2.00. The fourth-order valence-electron chi connectivity index (χ4n) is 1.59. The summed E-state index contributed by atoms with van der Waals surface area (Å²) in [4.78, 5) is 0. The molecule has 0 aliphatic carbocycles. The number of aryl methyl sites for hydroxylation is 2. The maximum absolute atomic E-state index is 4.43. The number of aromatic nitrogens is 2. The monoisotopic (exact) mass is 209 g/mol. The molecule has 0 aromatic carbocycles. The minimum atomic E-state index is 0.725. The van der Waals surface area contributed by atoms with Crippen molar-refractivity contribution in [1.82, 2.24) is 15.1 Å². The van der Waals surface area contributed by atoms with E-state index in [0.29, 0.717) is 0 Å². The molecule has 0 unspecified atom stereocenters. The van der Waals surface area contributed by atoms with E-state index in [1.165, 1.54) is 11.4 Å². The quantitative estimate of drug-likeness (QED) is 0.724. The molecule has 1 N–H and O–H groups in total. The predicted octanol–water partition coefficient (Wildman–Crippen LogP) is 1.77. The normalized spacial score (nSPS) is 11.3. The summed E-state index contributed by atoms with van der Waals surface area (Å²) in [6.07, 6.45) is 2.09. The maximum Gasteiger partial charge on any atom is 0.0624 e. The lowest BCUT2D eigenvalue weighted by Gasteiger charge is -2.06. The molecule has 0 fully saturated rings. The molecule has 86 valence electrons. The first-order valence-electron chi connectivity index (χ1n) is 5.86. The van der Waals surface area contributed by atoms with Crippen LogP contribution in [0.1, 0.15) is 32.2 Å². The zero-order valence-electron chi connectivity index (χ0n) is 10.4. The van der Waals surface area contributed by atoms with Gasteiger partial charge in [-0.15, -0.1) is 0 Å². The second-order valence-corrected chi connectivity index (χ2v) is 4.45. The molecule has 1 rings (SSSR count). The van der Waals surface area contributed by atoms with E-state index >= 15 is 0 Å². The molecule has 0 bridgehead atoms. The van der Waals surface area contributed by atoms with Gasteiger partial charge >= 0.3 is 0 Å². The summed E-state index contributed by atoms with van der Waals surface area (Å²) in [5, 5.41) is 7.88. The van der Waals surface area contributed by atoms with Crippen LogP contribution in [0.25, 0.3) is 0 Å². The molecule has 0 saturated carbocycles. The van der Waals surface area contributed by atoms with E-state index in [9.17, 15) is 0 Å². The largest absolute Gasteiger partial charge is 0.316 e. The van der Waals surface area contributed by atoms with Crippen LogP contribution in [-0.4, -0.2) is 22.9 Å². The Morgan fingerprint density at radius 1 is 1.47 bits per heavy atom. The van der Waals surface area contributed by atoms with E-state index in [4.69, 9.17) is 0 Å². The highest BCUT2D eigenvalue weighted by atomic mass is 15.3. The maximum atomic E-state index is 4.43. The second-order valence-electron chi connectivity index (χ2n) is 4.45. The molecule has 1 aromatic heterocycles. The highest BCUT2D eigenvalue weighted by Crippen LogP contribution is 2.04. The molecule has 0 amide bonds. The zero-order chi connectivity index (χ0) is 11.3. The molecule has 0 aliphatic heterocycles. The Labute approximate surface area is 92.9 Å². The summed E-state index contributed by atoms with van der Waals surface area (Å²) >= 11 is 0. The lowest BCUT2D eigenvalue weighted by Crippen LogP contribution is -2.22. The van der Waals surface area contributed by atoms with Gasteiger partial charge in [0.25, 0.3) is 0 Å². The molecule has 0 aliphatic rings. The third kappa shape index (κ3) is 4.04. The van der Waals surface area contributed by atoms with Crippen molar-refractivity contribution in [2.45, 2.75) is 33.6 Å². The van der Waals surface area contributed by atoms with Crippen molar-refractivity contribution in [3.05, 3.63) is 17.5 Å². The number of hydrogen-bond donors (Lipinski definition) is 1. The fourth-order valence-corrected chi connectivity index (χ4v) is 1.59. The molecule has 1 heterocycles. The number of nitrogens with zero attached hydrogens (tertiary/aromatic N) is 2. The minimum Gasteiger partial charge on any atom is -0.316 e. The Morgan fingerprint density at radius 2 is 2.20 bits per heavy atom. The molecule has 0 atom stereocenters. The topological polar surface area (TPSA) is 29.9 Å². The van der Waals surface area contributed by atoms with Gasteiger partial charge in [-0.2, -0.15) is 5.10 Å². The predicted molar refractivity (Wildman–Crippen MR) is 64.0 cm³/mol. The molecule has 0 saturated heterocycles. The molecular weight excluding hydrogens is 186 g/mol. The lowest BCUT2D eigenvalue weighted by molar-refractivity contribution is 0.547. The van der Waals surface area contributed by atoms with Gasteiger partial charge in [-0.05, 0) is 24.9 Å². The van der Waals surface area contributed by atoms with Gasteiger partial charge in [0.1, 0.15) is 0 Å². The van der Waals surface area contributed by atoms with Crippen LogP contribution in [0.2, 0.25) is 0 Å². The molecular formula is C12H23N3. The molecule has 0 spiro atoms. The first kappa shape index (κ1) is 12.2. The molecule has 1 aromatic rings. The molecule has 15 heavy (non-hydrogen) atoms. The van der Waals surface area contributed by atoms with Crippen molar-refractivity contribution in [1.29, 1.82) is 0 Å². The average molecular weight is 209 g/mol. The van der Waals surface area contributed by atoms with Crippen LogP contribution in [-0.2, 0) is 19.9 Å². The summed E-state index contributed by atoms with van der Waals surface area (Å²) in [5.41, 5.74) is 2.51. The van der Waals surface area contributed by atoms with Gasteiger partial charge in [0.15, 0.2) is 0 Å². The van der Waals surface area contributed by atoms with Gasteiger partial charge in [-0.25, -0.2) is 0 Å². The first-order valence-corrected chi connectivity index (χ1v) is 5.86. The van der Waals surface area contributed by atoms with E-state index in [1.54, 1.807) is 0 Å². The van der Waals surface area contributed by atoms with Crippen LogP contribution in [0.5, 0.6) is 0 Å². The van der Waals surface area contributed by atoms with E-state index in [0.717, 1.165) is 31.8 Å². The van der Waals surface area contributed by atoms with Crippen molar-refractivity contribution in [3.63, 3.8) is 0 Å². The Balaban J connectivity index is 2.33. The lowest BCUT2D eigenvalue weighted by atomic mass is 10.2. The number of hydrogen-bond acceptors (Lipinski definition) is 2. The van der Waals surface area contributed by atoms with Crippen molar-refractivity contribution in [3.8, 4) is 0 Å². The smallest absolute Gasteiger partial charge is 0.0624 e. The standard InChI is InChI=1S/C12H23N3/c1-5-11-8-12(15(4)14-11)6-7-13-9-10(2)3/h8,10,13H,5-7,9H2,1-4H3. The third-order valence-electron chi connectivity index (χ3n) is 2.50. The highest BCUT2D eigenvalue weighted by Gasteiger charge is 2.03. The van der Waals surface area contributed by atoms with Crippen LogP contribution in [0, 0.1) is 5.92 Å². The minimum absolute atomic E-state index is 0.725. The van der Waals surface area contributed by atoms with Crippen LogP contribution in [0.15, 0.2) is 6.07 Å². The van der Waals surface area contributed by atoms with E-state index < -0.39 is 0 Å². The van der Waals surface area contributed by atoms with Crippen molar-refractivity contribution < 1.29 is 0 Å². The zero-order valence-corrected chi connectivity index (χ0v) is 10.4. The average Bonchev–Trinajstić information content (AvgIpc) is 2.54. The molecule has 3 nitrogen and oxygen atoms in total. The first-order chi connectivity index (χ1) is 7.13. The van der Waals surface area contributed by atoms with E-state index in [1.807, 2.05) is 11.7 Å². The summed E-state index contributed by atoms with van der Waals surface area (Å²) in [6, 6.07) is 2.21. The van der Waals surface area contributed by atoms with Crippen molar-refractivity contribution >= 4 is 0 Å². The molecule has 0 radical (unpaired) electrons. The summed E-state index contributed by atoms with van der Waals surface area (Å²) in [7, 11) is 2.02. The Morgan fingerprint density at radius 3 is 2.73 bits per heavy atom. The van der Waals surface area contributed by atoms with E-state index in [-0.39, 0.29) is 0 Å². The van der Waals surface area contributed by atoms with Crippen LogP contribution < -0.4 is 5.32 Å². The van der Waals surface area contributed by atoms with Gasteiger partial charge in [-0.3, -0.25) is 4.68 Å². The Kier molecular flexibility index (Phi) is 4.82. The van der Waals surface area contributed by atoms with Gasteiger partial charge in [-0.1, -0.05) is 20.8 Å². The van der Waals surface area contributed by atoms with Crippen molar-refractivity contribution in [2.24, 2.45) is 13.0 Å². The molecule has 3 heteroatoms.